The van der Waals surface area contributed by atoms with Crippen LogP contribution in [0.3, 0.4) is 0 Å². The van der Waals surface area contributed by atoms with E-state index in [2.05, 4.69) is 32.2 Å². The van der Waals surface area contributed by atoms with Crippen molar-refractivity contribution in [1.29, 1.82) is 0 Å². The van der Waals surface area contributed by atoms with Gasteiger partial charge in [0.25, 0.3) is 11.8 Å². The maximum Gasteiger partial charge on any atom is 0.282 e. The fraction of sp³-hybridized carbons (Fsp3) is 0.481. The molecule has 2 amide bonds. The highest BCUT2D eigenvalue weighted by Gasteiger charge is 2.46. The van der Waals surface area contributed by atoms with E-state index in [1.165, 1.54) is 0 Å². The summed E-state index contributed by atoms with van der Waals surface area (Å²) in [5.74, 6) is -1.63. The maximum atomic E-state index is 12.6. The summed E-state index contributed by atoms with van der Waals surface area (Å²) in [6.07, 6.45) is 5.00. The second-order valence-electron chi connectivity index (χ2n) is 10.1. The van der Waals surface area contributed by atoms with E-state index in [4.69, 9.17) is 4.84 Å². The zero-order valence-corrected chi connectivity index (χ0v) is 24.8. The molecule has 1 aliphatic carbocycles. The van der Waals surface area contributed by atoms with Crippen molar-refractivity contribution in [3.63, 3.8) is 0 Å². The molecule has 2 bridgehead atoms. The van der Waals surface area contributed by atoms with E-state index in [-0.39, 0.29) is 18.7 Å². The predicted octanol–water partition coefficient (Wildman–Crippen LogP) is 4.49. The number of piperidine rings is 1. The molecule has 0 spiro atoms. The van der Waals surface area contributed by atoms with Gasteiger partial charge in [0.2, 0.25) is 6.41 Å². The van der Waals surface area contributed by atoms with Crippen LogP contribution in [0.1, 0.15) is 40.4 Å². The SMILES string of the molecule is C=N/C(=C\SCNc1ccc(C)cn1)c1sc(C)nc1C.O=CN1[C@@H]2CC(=NOCC(=O)N3CC(F)(F)C3)C[C@H]1C2. The van der Waals surface area contributed by atoms with Crippen molar-refractivity contribution in [1.82, 2.24) is 19.8 Å². The zero-order chi connectivity index (χ0) is 29.6. The van der Waals surface area contributed by atoms with Crippen molar-refractivity contribution in [3.8, 4) is 0 Å². The number of halogens is 2. The summed E-state index contributed by atoms with van der Waals surface area (Å²) in [5, 5.41) is 10.2. The number of anilines is 1. The van der Waals surface area contributed by atoms with Crippen molar-refractivity contribution in [2.45, 2.75) is 58.0 Å². The Morgan fingerprint density at radius 3 is 2.59 bits per heavy atom. The number of fused-ring (bicyclic) bond motifs is 2. The van der Waals surface area contributed by atoms with Crippen LogP contribution in [0.25, 0.3) is 5.70 Å². The summed E-state index contributed by atoms with van der Waals surface area (Å²) in [6.45, 7) is 8.28. The molecule has 14 heteroatoms. The largest absolute Gasteiger partial charge is 0.386 e. The van der Waals surface area contributed by atoms with Gasteiger partial charge in [-0.1, -0.05) is 11.2 Å². The van der Waals surface area contributed by atoms with Crippen LogP contribution < -0.4 is 5.32 Å². The Kier molecular flexibility index (Phi) is 10.1. The van der Waals surface area contributed by atoms with Gasteiger partial charge in [0.05, 0.1) is 46.0 Å². The topological polar surface area (TPSA) is 112 Å². The lowest BCUT2D eigenvalue weighted by molar-refractivity contribution is -0.169. The molecule has 5 heterocycles. The number of hydrogen-bond acceptors (Lipinski definition) is 10. The van der Waals surface area contributed by atoms with Gasteiger partial charge in [0.15, 0.2) is 6.61 Å². The highest BCUT2D eigenvalue weighted by atomic mass is 32.2. The molecule has 0 radical (unpaired) electrons. The van der Waals surface area contributed by atoms with Crippen LogP contribution in [-0.2, 0) is 14.4 Å². The molecular formula is C27H33F2N7O3S2. The number of pyridine rings is 1. The zero-order valence-electron chi connectivity index (χ0n) is 23.2. The molecule has 1 N–H and O–H groups in total. The number of hydrogen-bond donors (Lipinski definition) is 1. The Morgan fingerprint density at radius 1 is 1.29 bits per heavy atom. The molecular weight excluding hydrogens is 572 g/mol. The average Bonchev–Trinajstić information content (AvgIpc) is 3.26. The van der Waals surface area contributed by atoms with Crippen LogP contribution in [-0.4, -0.2) is 88.1 Å². The number of carbonyl (C=O) groups excluding carboxylic acids is 2. The van der Waals surface area contributed by atoms with Gasteiger partial charge >= 0.3 is 0 Å². The van der Waals surface area contributed by atoms with Crippen molar-refractivity contribution in [3.05, 3.63) is 44.9 Å². The molecule has 3 aliphatic heterocycles. The van der Waals surface area contributed by atoms with E-state index >= 15 is 0 Å². The minimum atomic E-state index is -2.76. The summed E-state index contributed by atoms with van der Waals surface area (Å²) in [4.78, 5) is 43.9. The lowest BCUT2D eigenvalue weighted by Crippen LogP contribution is -2.60. The molecule has 1 saturated carbocycles. The van der Waals surface area contributed by atoms with E-state index in [0.29, 0.717) is 12.8 Å². The first kappa shape index (κ1) is 30.6. The third kappa shape index (κ3) is 8.09. The molecule has 6 rings (SSSR count). The van der Waals surface area contributed by atoms with Crippen LogP contribution in [0, 0.1) is 20.8 Å². The van der Waals surface area contributed by atoms with Gasteiger partial charge in [-0.15, -0.1) is 23.1 Å². The minimum absolute atomic E-state index is 0.193. The quantitative estimate of drug-likeness (QED) is 0.140. The smallest absolute Gasteiger partial charge is 0.282 e. The molecule has 4 aliphatic rings. The van der Waals surface area contributed by atoms with Gasteiger partial charge in [0, 0.05) is 31.1 Å². The van der Waals surface area contributed by atoms with Crippen molar-refractivity contribution >= 4 is 59.4 Å². The fourth-order valence-corrected chi connectivity index (χ4v) is 6.31. The Labute approximate surface area is 246 Å². The van der Waals surface area contributed by atoms with Crippen LogP contribution in [0.2, 0.25) is 0 Å². The Morgan fingerprint density at radius 2 is 2.02 bits per heavy atom. The summed E-state index contributed by atoms with van der Waals surface area (Å²) in [5.41, 5.74) is 3.86. The highest BCUT2D eigenvalue weighted by molar-refractivity contribution is 8.02. The van der Waals surface area contributed by atoms with Crippen LogP contribution in [0.15, 0.2) is 33.9 Å². The van der Waals surface area contributed by atoms with Crippen LogP contribution in [0.4, 0.5) is 14.6 Å². The van der Waals surface area contributed by atoms with Gasteiger partial charge in [-0.05, 0) is 50.9 Å². The lowest BCUT2D eigenvalue weighted by Gasteiger charge is -2.50. The number of aliphatic imine (C=N–C) groups is 1. The molecule has 3 saturated heterocycles. The number of nitrogens with zero attached hydrogens (tertiary/aromatic N) is 6. The molecule has 10 nitrogen and oxygen atoms in total. The monoisotopic (exact) mass is 605 g/mol. The van der Waals surface area contributed by atoms with Gasteiger partial charge in [-0.3, -0.25) is 14.6 Å². The van der Waals surface area contributed by atoms with E-state index in [1.54, 1.807) is 28.0 Å². The number of alkyl halides is 2. The van der Waals surface area contributed by atoms with E-state index in [1.807, 2.05) is 44.5 Å². The number of oxime groups is 1. The third-order valence-corrected chi connectivity index (χ3v) is 8.58. The van der Waals surface area contributed by atoms with Gasteiger partial charge < -0.3 is 20.0 Å². The summed E-state index contributed by atoms with van der Waals surface area (Å²) >= 11 is 3.27. The molecule has 220 valence electrons. The molecule has 2 aromatic rings. The van der Waals surface area contributed by atoms with Gasteiger partial charge in [-0.25, -0.2) is 18.7 Å². The number of amides is 2. The van der Waals surface area contributed by atoms with Gasteiger partial charge in [0.1, 0.15) is 5.82 Å². The molecule has 0 unspecified atom stereocenters. The summed E-state index contributed by atoms with van der Waals surface area (Å²) in [6, 6.07) is 4.40. The minimum Gasteiger partial charge on any atom is -0.386 e. The lowest BCUT2D eigenvalue weighted by atomic mass is 9.79. The van der Waals surface area contributed by atoms with Crippen molar-refractivity contribution in [2.75, 3.05) is 30.9 Å². The van der Waals surface area contributed by atoms with Crippen LogP contribution >= 0.6 is 23.1 Å². The Hall–Kier alpha value is -3.39. The number of likely N-dealkylation sites (tertiary alicyclic amines) is 1. The van der Waals surface area contributed by atoms with Crippen LogP contribution in [0.5, 0.6) is 0 Å². The molecule has 2 atom stereocenters. The second-order valence-corrected chi connectivity index (χ2v) is 12.1. The fourth-order valence-electron chi connectivity index (χ4n) is 4.67. The Balaban J connectivity index is 0.000000189. The third-order valence-electron chi connectivity index (χ3n) is 6.78. The average molecular weight is 606 g/mol. The molecule has 4 fully saturated rings. The molecule has 0 aromatic carbocycles. The number of nitrogens with one attached hydrogen (secondary N) is 1. The van der Waals surface area contributed by atoms with E-state index in [9.17, 15) is 18.4 Å². The number of thiazole rings is 1. The summed E-state index contributed by atoms with van der Waals surface area (Å²) in [7, 11) is 0. The maximum absolute atomic E-state index is 12.6. The first-order valence-corrected chi connectivity index (χ1v) is 14.9. The second kappa shape index (κ2) is 13.5. The normalized spacial score (nSPS) is 21.7. The number of thioether (sulfide) groups is 1. The first-order valence-electron chi connectivity index (χ1n) is 13.0. The van der Waals surface area contributed by atoms with Gasteiger partial charge in [-0.2, -0.15) is 0 Å². The number of aromatic nitrogens is 2. The number of aryl methyl sites for hydroxylation is 3. The number of rotatable bonds is 10. The number of carbonyl (C=O) groups is 2. The van der Waals surface area contributed by atoms with Crippen molar-refractivity contribution in [2.24, 2.45) is 10.1 Å². The molecule has 41 heavy (non-hydrogen) atoms. The summed E-state index contributed by atoms with van der Waals surface area (Å²) < 4.78 is 25.2. The Bertz CT molecular complexity index is 1290. The standard InChI is InChI=1S/C15H18N4S2.C12H15F2N3O3/c1-10-5-6-14(17-7-10)18-9-20-8-13(16-4)15-11(2)19-12(3)21-15;13-12(14)5-16(6-12)11(19)4-20-15-8-1-9-3-10(2-8)17(9)7-18/h5-8H,4,9H2,1-3H3,(H,17,18);7,9-10H,1-6H2/b13-8-;/t;9-,10+. The predicted molar refractivity (Wildman–Crippen MR) is 158 cm³/mol. The first-order chi connectivity index (χ1) is 19.6. The van der Waals surface area contributed by atoms with E-state index < -0.39 is 24.9 Å². The van der Waals surface area contributed by atoms with Crippen molar-refractivity contribution < 1.29 is 23.2 Å². The molecule has 2 aromatic heterocycles. The van der Waals surface area contributed by atoms with E-state index in [0.717, 1.165) is 62.0 Å². The highest BCUT2D eigenvalue weighted by Crippen LogP contribution is 2.35.